The lowest BCUT2D eigenvalue weighted by molar-refractivity contribution is 0.794. The van der Waals surface area contributed by atoms with Gasteiger partial charge in [-0.1, -0.05) is 17.8 Å². The SMILES string of the molecule is Cn1c(SCCC#N)nnc1-c1cccs1. The molecule has 16 heavy (non-hydrogen) atoms. The predicted octanol–water partition coefficient (Wildman–Crippen LogP) is 2.55. The van der Waals surface area contributed by atoms with E-state index in [0.717, 1.165) is 21.6 Å². The van der Waals surface area contributed by atoms with E-state index in [0.29, 0.717) is 6.42 Å². The molecule has 0 bridgehead atoms. The van der Waals surface area contributed by atoms with E-state index in [1.54, 1.807) is 23.1 Å². The molecule has 2 rings (SSSR count). The molecular formula is C10H10N4S2. The Labute approximate surface area is 102 Å². The number of nitriles is 1. The normalized spacial score (nSPS) is 10.2. The number of hydrogen-bond donors (Lipinski definition) is 0. The molecule has 0 aliphatic rings. The Bertz CT molecular complexity index is 495. The van der Waals surface area contributed by atoms with Crippen molar-refractivity contribution in [1.82, 2.24) is 14.8 Å². The van der Waals surface area contributed by atoms with E-state index in [1.165, 1.54) is 0 Å². The lowest BCUT2D eigenvalue weighted by Crippen LogP contribution is -1.93. The summed E-state index contributed by atoms with van der Waals surface area (Å²) in [7, 11) is 1.95. The molecule has 2 heterocycles. The second-order valence-electron chi connectivity index (χ2n) is 3.10. The first-order valence-electron chi connectivity index (χ1n) is 4.76. The van der Waals surface area contributed by atoms with Gasteiger partial charge in [0.1, 0.15) is 0 Å². The van der Waals surface area contributed by atoms with Crippen LogP contribution in [0, 0.1) is 11.3 Å². The summed E-state index contributed by atoms with van der Waals surface area (Å²) in [6.45, 7) is 0. The molecule has 0 fully saturated rings. The third-order valence-corrected chi connectivity index (χ3v) is 3.91. The summed E-state index contributed by atoms with van der Waals surface area (Å²) in [5.74, 6) is 1.64. The fourth-order valence-electron chi connectivity index (χ4n) is 1.25. The van der Waals surface area contributed by atoms with Crippen molar-refractivity contribution < 1.29 is 0 Å². The number of aromatic nitrogens is 3. The maximum Gasteiger partial charge on any atom is 0.191 e. The van der Waals surface area contributed by atoms with E-state index in [4.69, 9.17) is 5.26 Å². The van der Waals surface area contributed by atoms with Gasteiger partial charge in [-0.25, -0.2) is 0 Å². The molecule has 0 amide bonds. The maximum atomic E-state index is 8.46. The fourth-order valence-corrected chi connectivity index (χ4v) is 2.75. The first-order chi connectivity index (χ1) is 7.83. The van der Waals surface area contributed by atoms with Crippen molar-refractivity contribution in [3.63, 3.8) is 0 Å². The Morgan fingerprint density at radius 3 is 3.12 bits per heavy atom. The van der Waals surface area contributed by atoms with Gasteiger partial charge in [-0.3, -0.25) is 0 Å². The van der Waals surface area contributed by atoms with Gasteiger partial charge in [0, 0.05) is 19.2 Å². The summed E-state index contributed by atoms with van der Waals surface area (Å²) >= 11 is 3.21. The van der Waals surface area contributed by atoms with E-state index in [1.807, 2.05) is 29.1 Å². The molecule has 2 aromatic rings. The van der Waals surface area contributed by atoms with Crippen molar-refractivity contribution in [3.05, 3.63) is 17.5 Å². The molecule has 4 nitrogen and oxygen atoms in total. The molecule has 82 valence electrons. The summed E-state index contributed by atoms with van der Waals surface area (Å²) in [5.41, 5.74) is 0. The number of rotatable bonds is 4. The van der Waals surface area contributed by atoms with E-state index >= 15 is 0 Å². The maximum absolute atomic E-state index is 8.46. The minimum atomic E-state index is 0.534. The van der Waals surface area contributed by atoms with Crippen LogP contribution >= 0.6 is 23.1 Å². The number of thioether (sulfide) groups is 1. The zero-order chi connectivity index (χ0) is 11.4. The van der Waals surface area contributed by atoms with Crippen LogP contribution in [0.2, 0.25) is 0 Å². The molecular weight excluding hydrogens is 240 g/mol. The second-order valence-corrected chi connectivity index (χ2v) is 5.11. The minimum absolute atomic E-state index is 0.534. The highest BCUT2D eigenvalue weighted by molar-refractivity contribution is 7.99. The van der Waals surface area contributed by atoms with Crippen LogP contribution in [-0.4, -0.2) is 20.5 Å². The van der Waals surface area contributed by atoms with E-state index < -0.39 is 0 Å². The van der Waals surface area contributed by atoms with E-state index in [-0.39, 0.29) is 0 Å². The van der Waals surface area contributed by atoms with Gasteiger partial charge in [0.2, 0.25) is 0 Å². The third kappa shape index (κ3) is 2.26. The Kier molecular flexibility index (Phi) is 3.59. The zero-order valence-corrected chi connectivity index (χ0v) is 10.4. The first-order valence-corrected chi connectivity index (χ1v) is 6.62. The van der Waals surface area contributed by atoms with Crippen LogP contribution in [0.25, 0.3) is 10.7 Å². The van der Waals surface area contributed by atoms with Gasteiger partial charge in [0.25, 0.3) is 0 Å². The molecule has 0 aliphatic heterocycles. The molecule has 0 saturated heterocycles. The van der Waals surface area contributed by atoms with Crippen LogP contribution in [0.5, 0.6) is 0 Å². The van der Waals surface area contributed by atoms with Crippen LogP contribution in [0.15, 0.2) is 22.7 Å². The van der Waals surface area contributed by atoms with Crippen molar-refractivity contribution in [2.24, 2.45) is 7.05 Å². The van der Waals surface area contributed by atoms with E-state index in [9.17, 15) is 0 Å². The van der Waals surface area contributed by atoms with Crippen LogP contribution in [-0.2, 0) is 7.05 Å². The van der Waals surface area contributed by atoms with Crippen LogP contribution in [0.3, 0.4) is 0 Å². The van der Waals surface area contributed by atoms with Crippen molar-refractivity contribution in [3.8, 4) is 16.8 Å². The standard InChI is InChI=1S/C10H10N4S2/c1-14-9(8-4-2-6-15-8)12-13-10(14)16-7-3-5-11/h2,4,6H,3,7H2,1H3. The van der Waals surface area contributed by atoms with Crippen molar-refractivity contribution in [1.29, 1.82) is 5.26 Å². The molecule has 6 heteroatoms. The average molecular weight is 250 g/mol. The molecule has 0 radical (unpaired) electrons. The quantitative estimate of drug-likeness (QED) is 0.618. The summed E-state index contributed by atoms with van der Waals surface area (Å²) in [5, 5.41) is 19.6. The number of hydrogen-bond acceptors (Lipinski definition) is 5. The summed E-state index contributed by atoms with van der Waals surface area (Å²) in [6.07, 6.45) is 0.534. The van der Waals surface area contributed by atoms with Crippen LogP contribution in [0.4, 0.5) is 0 Å². The van der Waals surface area contributed by atoms with Gasteiger partial charge in [0.15, 0.2) is 11.0 Å². The van der Waals surface area contributed by atoms with Gasteiger partial charge in [-0.05, 0) is 11.4 Å². The van der Waals surface area contributed by atoms with Crippen LogP contribution in [0.1, 0.15) is 6.42 Å². The lowest BCUT2D eigenvalue weighted by atomic mass is 10.4. The number of nitrogens with zero attached hydrogens (tertiary/aromatic N) is 4. The Hall–Kier alpha value is -1.32. The molecule has 0 aromatic carbocycles. The Balaban J connectivity index is 2.15. The largest absolute Gasteiger partial charge is 0.305 e. The van der Waals surface area contributed by atoms with Crippen molar-refractivity contribution in [2.45, 2.75) is 11.6 Å². The third-order valence-electron chi connectivity index (χ3n) is 2.02. The first kappa shape index (κ1) is 11.2. The molecule has 0 saturated carbocycles. The zero-order valence-electron chi connectivity index (χ0n) is 8.75. The molecule has 0 unspecified atom stereocenters. The van der Waals surface area contributed by atoms with Crippen molar-refractivity contribution >= 4 is 23.1 Å². The Morgan fingerprint density at radius 2 is 2.44 bits per heavy atom. The highest BCUT2D eigenvalue weighted by Crippen LogP contribution is 2.25. The molecule has 0 N–H and O–H groups in total. The monoisotopic (exact) mass is 250 g/mol. The smallest absolute Gasteiger partial charge is 0.191 e. The highest BCUT2D eigenvalue weighted by Gasteiger charge is 2.11. The summed E-state index contributed by atoms with van der Waals surface area (Å²) < 4.78 is 1.97. The second kappa shape index (κ2) is 5.14. The van der Waals surface area contributed by atoms with Gasteiger partial charge in [-0.2, -0.15) is 5.26 Å². The van der Waals surface area contributed by atoms with Gasteiger partial charge >= 0.3 is 0 Å². The van der Waals surface area contributed by atoms with Gasteiger partial charge in [0.05, 0.1) is 10.9 Å². The lowest BCUT2D eigenvalue weighted by Gasteiger charge is -2.00. The molecule has 0 spiro atoms. The summed E-state index contributed by atoms with van der Waals surface area (Å²) in [6, 6.07) is 6.14. The Morgan fingerprint density at radius 1 is 1.56 bits per heavy atom. The minimum Gasteiger partial charge on any atom is -0.305 e. The number of thiophene rings is 1. The fraction of sp³-hybridized carbons (Fsp3) is 0.300. The van der Waals surface area contributed by atoms with Crippen LogP contribution < -0.4 is 0 Å². The predicted molar refractivity (Wildman–Crippen MR) is 65.3 cm³/mol. The topological polar surface area (TPSA) is 54.5 Å². The molecule has 2 aromatic heterocycles. The average Bonchev–Trinajstić information content (AvgIpc) is 2.89. The van der Waals surface area contributed by atoms with Gasteiger partial charge in [-0.15, -0.1) is 21.5 Å². The van der Waals surface area contributed by atoms with Crippen molar-refractivity contribution in [2.75, 3.05) is 5.75 Å². The highest BCUT2D eigenvalue weighted by atomic mass is 32.2. The molecule has 0 aliphatic carbocycles. The summed E-state index contributed by atoms with van der Waals surface area (Å²) in [4.78, 5) is 1.11. The van der Waals surface area contributed by atoms with E-state index in [2.05, 4.69) is 16.3 Å². The molecule has 0 atom stereocenters. The van der Waals surface area contributed by atoms with Gasteiger partial charge < -0.3 is 4.57 Å².